The van der Waals surface area contributed by atoms with E-state index in [9.17, 15) is 4.79 Å². The molecule has 0 aliphatic carbocycles. The summed E-state index contributed by atoms with van der Waals surface area (Å²) in [6.45, 7) is 3.63. The topological polar surface area (TPSA) is 45.2 Å². The Kier molecular flexibility index (Phi) is 5.22. The Morgan fingerprint density at radius 2 is 2.31 bits per heavy atom. The number of nitrogens with one attached hydrogen (secondary N) is 1. The Bertz CT molecular complexity index is 340. The predicted molar refractivity (Wildman–Crippen MR) is 64.3 cm³/mol. The molecular formula is C11H16ClN3O. The van der Waals surface area contributed by atoms with Gasteiger partial charge in [0.15, 0.2) is 0 Å². The number of likely N-dealkylation sites (N-methyl/N-ethyl adjacent to an activating group) is 2. The summed E-state index contributed by atoms with van der Waals surface area (Å²) >= 11 is 5.68. The number of rotatable bonds is 5. The molecule has 1 rings (SSSR count). The summed E-state index contributed by atoms with van der Waals surface area (Å²) in [5.41, 5.74) is 1.04. The van der Waals surface area contributed by atoms with Gasteiger partial charge in [0.25, 0.3) is 0 Å². The van der Waals surface area contributed by atoms with Crippen LogP contribution in [0.1, 0.15) is 12.5 Å². The summed E-state index contributed by atoms with van der Waals surface area (Å²) in [7, 11) is 1.89. The van der Waals surface area contributed by atoms with Crippen LogP contribution in [0, 0.1) is 0 Å². The minimum Gasteiger partial charge on any atom is -0.355 e. The largest absolute Gasteiger partial charge is 0.355 e. The number of nitrogens with zero attached hydrogens (tertiary/aromatic N) is 2. The van der Waals surface area contributed by atoms with Crippen molar-refractivity contribution >= 4 is 17.5 Å². The average molecular weight is 242 g/mol. The highest BCUT2D eigenvalue weighted by Crippen LogP contribution is 2.06. The van der Waals surface area contributed by atoms with E-state index in [1.54, 1.807) is 12.3 Å². The van der Waals surface area contributed by atoms with Gasteiger partial charge in [0.1, 0.15) is 5.15 Å². The van der Waals surface area contributed by atoms with E-state index in [0.717, 1.165) is 5.56 Å². The highest BCUT2D eigenvalue weighted by atomic mass is 35.5. The molecule has 0 spiro atoms. The van der Waals surface area contributed by atoms with Gasteiger partial charge in [0.05, 0.1) is 6.54 Å². The van der Waals surface area contributed by atoms with Crippen molar-refractivity contribution in [3.63, 3.8) is 0 Å². The van der Waals surface area contributed by atoms with Crippen LogP contribution in [0.5, 0.6) is 0 Å². The zero-order valence-electron chi connectivity index (χ0n) is 9.53. The Balaban J connectivity index is 2.42. The van der Waals surface area contributed by atoms with Gasteiger partial charge < -0.3 is 5.32 Å². The molecule has 0 aromatic carbocycles. The van der Waals surface area contributed by atoms with E-state index in [2.05, 4.69) is 10.3 Å². The first kappa shape index (κ1) is 12.9. The zero-order chi connectivity index (χ0) is 12.0. The maximum atomic E-state index is 11.3. The van der Waals surface area contributed by atoms with Gasteiger partial charge in [-0.3, -0.25) is 9.69 Å². The lowest BCUT2D eigenvalue weighted by Gasteiger charge is -2.15. The number of pyridine rings is 1. The molecule has 16 heavy (non-hydrogen) atoms. The van der Waals surface area contributed by atoms with Crippen LogP contribution >= 0.6 is 11.6 Å². The zero-order valence-corrected chi connectivity index (χ0v) is 10.3. The highest BCUT2D eigenvalue weighted by molar-refractivity contribution is 6.29. The lowest BCUT2D eigenvalue weighted by molar-refractivity contribution is -0.121. The van der Waals surface area contributed by atoms with Gasteiger partial charge in [-0.25, -0.2) is 4.98 Å². The molecule has 1 aromatic rings. The summed E-state index contributed by atoms with van der Waals surface area (Å²) in [6.07, 6.45) is 1.72. The first-order valence-electron chi connectivity index (χ1n) is 5.17. The number of halogens is 1. The van der Waals surface area contributed by atoms with E-state index < -0.39 is 0 Å². The van der Waals surface area contributed by atoms with Crippen LogP contribution in [0.2, 0.25) is 5.15 Å². The minimum atomic E-state index is 0.0342. The van der Waals surface area contributed by atoms with E-state index in [-0.39, 0.29) is 5.91 Å². The monoisotopic (exact) mass is 241 g/mol. The minimum absolute atomic E-state index is 0.0342. The normalized spacial score (nSPS) is 10.5. The first-order valence-corrected chi connectivity index (χ1v) is 5.55. The van der Waals surface area contributed by atoms with Gasteiger partial charge in [0, 0.05) is 19.3 Å². The number of carbonyl (C=O) groups is 1. The Labute approximate surface area is 101 Å². The standard InChI is InChI=1S/C11H16ClN3O/c1-3-13-11(16)8-15(2)7-9-4-5-10(12)14-6-9/h4-6H,3,7-8H2,1-2H3,(H,13,16). The number of amides is 1. The van der Waals surface area contributed by atoms with E-state index in [4.69, 9.17) is 11.6 Å². The number of aromatic nitrogens is 1. The summed E-state index contributed by atoms with van der Waals surface area (Å²) in [4.78, 5) is 17.2. The maximum absolute atomic E-state index is 11.3. The van der Waals surface area contributed by atoms with Crippen LogP contribution in [0.4, 0.5) is 0 Å². The second-order valence-corrected chi connectivity index (χ2v) is 4.00. The average Bonchev–Trinajstić information content (AvgIpc) is 2.21. The molecule has 0 saturated carbocycles. The molecule has 4 nitrogen and oxygen atoms in total. The van der Waals surface area contributed by atoms with E-state index >= 15 is 0 Å². The Hall–Kier alpha value is -1.13. The van der Waals surface area contributed by atoms with Crippen LogP contribution in [-0.2, 0) is 11.3 Å². The smallest absolute Gasteiger partial charge is 0.234 e. The number of carbonyl (C=O) groups excluding carboxylic acids is 1. The molecule has 0 fully saturated rings. The van der Waals surface area contributed by atoms with Gasteiger partial charge in [-0.1, -0.05) is 17.7 Å². The highest BCUT2D eigenvalue weighted by Gasteiger charge is 2.05. The molecule has 0 saturated heterocycles. The molecule has 88 valence electrons. The fraction of sp³-hybridized carbons (Fsp3) is 0.455. The van der Waals surface area contributed by atoms with Gasteiger partial charge >= 0.3 is 0 Å². The summed E-state index contributed by atoms with van der Waals surface area (Å²) in [6, 6.07) is 3.65. The maximum Gasteiger partial charge on any atom is 0.234 e. The van der Waals surface area contributed by atoms with Crippen molar-refractivity contribution in [2.75, 3.05) is 20.1 Å². The molecule has 0 aliphatic rings. The molecule has 0 unspecified atom stereocenters. The quantitative estimate of drug-likeness (QED) is 0.791. The molecule has 0 aliphatic heterocycles. The van der Waals surface area contributed by atoms with Crippen LogP contribution in [0.3, 0.4) is 0 Å². The van der Waals surface area contributed by atoms with Crippen molar-refractivity contribution in [1.82, 2.24) is 15.2 Å². The van der Waals surface area contributed by atoms with Gasteiger partial charge in [-0.15, -0.1) is 0 Å². The summed E-state index contributed by atoms with van der Waals surface area (Å²) in [5.74, 6) is 0.0342. The van der Waals surface area contributed by atoms with Crippen LogP contribution in [-0.4, -0.2) is 35.9 Å². The second-order valence-electron chi connectivity index (χ2n) is 3.61. The van der Waals surface area contributed by atoms with Crippen molar-refractivity contribution in [1.29, 1.82) is 0 Å². The van der Waals surface area contributed by atoms with Gasteiger partial charge in [-0.2, -0.15) is 0 Å². The third kappa shape index (κ3) is 4.59. The molecule has 0 bridgehead atoms. The van der Waals surface area contributed by atoms with Crippen molar-refractivity contribution in [2.45, 2.75) is 13.5 Å². The molecule has 1 aromatic heterocycles. The summed E-state index contributed by atoms with van der Waals surface area (Å²) in [5, 5.41) is 3.24. The van der Waals surface area contributed by atoms with Crippen molar-refractivity contribution < 1.29 is 4.79 Å². The van der Waals surface area contributed by atoms with Crippen molar-refractivity contribution in [2.24, 2.45) is 0 Å². The lowest BCUT2D eigenvalue weighted by atomic mass is 10.3. The SMILES string of the molecule is CCNC(=O)CN(C)Cc1ccc(Cl)nc1. The number of hydrogen-bond acceptors (Lipinski definition) is 3. The molecule has 1 heterocycles. The van der Waals surface area contributed by atoms with Crippen LogP contribution in [0.15, 0.2) is 18.3 Å². The Morgan fingerprint density at radius 3 is 2.88 bits per heavy atom. The third-order valence-corrected chi connectivity index (χ3v) is 2.25. The predicted octanol–water partition coefficient (Wildman–Crippen LogP) is 1.30. The number of hydrogen-bond donors (Lipinski definition) is 1. The van der Waals surface area contributed by atoms with Crippen LogP contribution < -0.4 is 5.32 Å². The van der Waals surface area contributed by atoms with Gasteiger partial charge in [-0.05, 0) is 25.6 Å². The van der Waals surface area contributed by atoms with E-state index in [1.807, 2.05) is 24.9 Å². The molecule has 1 amide bonds. The fourth-order valence-corrected chi connectivity index (χ4v) is 1.48. The van der Waals surface area contributed by atoms with E-state index in [0.29, 0.717) is 24.8 Å². The molecular weight excluding hydrogens is 226 g/mol. The molecule has 5 heteroatoms. The van der Waals surface area contributed by atoms with Gasteiger partial charge in [0.2, 0.25) is 5.91 Å². The second kappa shape index (κ2) is 6.45. The lowest BCUT2D eigenvalue weighted by Crippen LogP contribution is -2.34. The summed E-state index contributed by atoms with van der Waals surface area (Å²) < 4.78 is 0. The van der Waals surface area contributed by atoms with Crippen molar-refractivity contribution in [3.05, 3.63) is 29.0 Å². The molecule has 1 N–H and O–H groups in total. The molecule has 0 atom stereocenters. The van der Waals surface area contributed by atoms with Crippen LogP contribution in [0.25, 0.3) is 0 Å². The Morgan fingerprint density at radius 1 is 1.56 bits per heavy atom. The first-order chi connectivity index (χ1) is 7.61. The van der Waals surface area contributed by atoms with E-state index in [1.165, 1.54) is 0 Å². The third-order valence-electron chi connectivity index (χ3n) is 2.03. The molecule has 0 radical (unpaired) electrons. The van der Waals surface area contributed by atoms with Crippen molar-refractivity contribution in [3.8, 4) is 0 Å². The fourth-order valence-electron chi connectivity index (χ4n) is 1.37.